The van der Waals surface area contributed by atoms with Crippen LogP contribution in [0.2, 0.25) is 0 Å². The van der Waals surface area contributed by atoms with Crippen LogP contribution in [0.1, 0.15) is 71.8 Å². The molecule has 1 heterocycles. The molecule has 0 aliphatic rings. The van der Waals surface area contributed by atoms with Gasteiger partial charge < -0.3 is 9.64 Å². The van der Waals surface area contributed by atoms with Crippen LogP contribution in [0.3, 0.4) is 0 Å². The van der Waals surface area contributed by atoms with Gasteiger partial charge in [0.25, 0.3) is 0 Å². The van der Waals surface area contributed by atoms with E-state index in [4.69, 9.17) is 15.3 Å². The number of thiazole rings is 1. The Morgan fingerprint density at radius 1 is 1.15 bits per heavy atom. The normalized spacial score (nSPS) is 11.3. The second-order valence-corrected chi connectivity index (χ2v) is 8.08. The second kappa shape index (κ2) is 10.6. The van der Waals surface area contributed by atoms with Gasteiger partial charge in [0, 0.05) is 18.7 Å². The van der Waals surface area contributed by atoms with Crippen molar-refractivity contribution in [3.8, 4) is 5.75 Å². The number of ether oxygens (including phenoxy) is 1. The van der Waals surface area contributed by atoms with E-state index in [-0.39, 0.29) is 6.10 Å². The summed E-state index contributed by atoms with van der Waals surface area (Å²) in [5.74, 6) is 0.782. The fourth-order valence-electron chi connectivity index (χ4n) is 3.18. The van der Waals surface area contributed by atoms with E-state index in [0.717, 1.165) is 58.3 Å². The van der Waals surface area contributed by atoms with Gasteiger partial charge in [0.2, 0.25) is 0 Å². The van der Waals surface area contributed by atoms with Crippen LogP contribution in [0.5, 0.6) is 5.75 Å². The molecule has 150 valence electrons. The first-order valence-corrected chi connectivity index (χ1v) is 11.2. The van der Waals surface area contributed by atoms with Gasteiger partial charge in [0.15, 0.2) is 16.6 Å². The number of aromatic nitrogens is 1. The average Bonchev–Trinajstić information content (AvgIpc) is 3.11. The van der Waals surface area contributed by atoms with E-state index in [1.807, 2.05) is 6.07 Å². The van der Waals surface area contributed by atoms with E-state index in [0.29, 0.717) is 0 Å². The third-order valence-electron chi connectivity index (χ3n) is 5.01. The lowest BCUT2D eigenvalue weighted by Gasteiger charge is -2.21. The average molecular weight is 392 g/mol. The summed E-state index contributed by atoms with van der Waals surface area (Å²) in [5.41, 5.74) is 8.46. The molecular weight excluding hydrogens is 356 g/mol. The first-order valence-electron chi connectivity index (χ1n) is 10.4. The van der Waals surface area contributed by atoms with Gasteiger partial charge in [-0.25, -0.2) is 4.98 Å². The minimum atomic E-state index is 0.172. The predicted molar refractivity (Wildman–Crippen MR) is 115 cm³/mol. The van der Waals surface area contributed by atoms with Gasteiger partial charge >= 0.3 is 0 Å². The summed E-state index contributed by atoms with van der Waals surface area (Å²) in [4.78, 5) is 7.42. The highest BCUT2D eigenvalue weighted by Crippen LogP contribution is 2.41. The zero-order valence-electron chi connectivity index (χ0n) is 17.5. The molecule has 1 aromatic carbocycles. The van der Waals surface area contributed by atoms with Crippen molar-refractivity contribution in [2.45, 2.75) is 79.2 Å². The fraction of sp³-hybridized carbons (Fsp3) is 0.667. The first kappa shape index (κ1) is 21.6. The number of hydrogen-bond donors (Lipinski definition) is 1. The minimum absolute atomic E-state index is 0.172. The summed E-state index contributed by atoms with van der Waals surface area (Å²) in [5, 5.41) is 5.09. The van der Waals surface area contributed by atoms with Gasteiger partial charge in [-0.15, -0.1) is 0 Å². The Morgan fingerprint density at radius 2 is 1.78 bits per heavy atom. The van der Waals surface area contributed by atoms with Gasteiger partial charge in [0.1, 0.15) is 0 Å². The van der Waals surface area contributed by atoms with Crippen molar-refractivity contribution < 1.29 is 10.3 Å². The fourth-order valence-corrected chi connectivity index (χ4v) is 4.29. The minimum Gasteiger partial charge on any atom is -0.488 e. The topological polar surface area (TPSA) is 63.3 Å². The quantitative estimate of drug-likeness (QED) is 0.491. The molecule has 2 aromatic rings. The molecule has 0 saturated heterocycles. The van der Waals surface area contributed by atoms with E-state index in [1.165, 1.54) is 25.7 Å². The van der Waals surface area contributed by atoms with Crippen LogP contribution in [-0.4, -0.2) is 24.2 Å². The molecule has 0 unspecified atom stereocenters. The Hall–Kier alpha value is -1.69. The summed E-state index contributed by atoms with van der Waals surface area (Å²) in [7, 11) is 0. The van der Waals surface area contributed by atoms with Crippen LogP contribution in [-0.2, 0) is 0 Å². The highest BCUT2D eigenvalue weighted by molar-refractivity contribution is 7.22. The number of fused-ring (bicyclic) bond motifs is 1. The molecule has 0 radical (unpaired) electrons. The number of nitrogens with two attached hydrogens (primary N) is 1. The molecule has 0 aliphatic carbocycles. The SMILES string of the molecule is CCCCN(CCCC)c1nc2c(C)c(OC(CC)CC)c(N=[NH2+])cc2s1. The van der Waals surface area contributed by atoms with Gasteiger partial charge in [0.05, 0.1) is 16.3 Å². The molecule has 0 aliphatic heterocycles. The number of aryl methyl sites for hydroxylation is 1. The standard InChI is InChI=1S/C21H34N4OS/c1-6-10-12-25(13-11-7-2)21-23-19-15(5)20(26-16(8-3)9-4)17(24-22)14-18(19)27-21/h14,16,22H,6-13H2,1-5H3/p+1. The molecule has 0 atom stereocenters. The molecule has 0 spiro atoms. The third kappa shape index (κ3) is 5.18. The number of benzene rings is 1. The zero-order chi connectivity index (χ0) is 19.8. The molecule has 0 bridgehead atoms. The summed E-state index contributed by atoms with van der Waals surface area (Å²) in [6.07, 6.45) is 6.84. The van der Waals surface area contributed by atoms with Gasteiger partial charge in [-0.1, -0.05) is 51.9 Å². The second-order valence-electron chi connectivity index (χ2n) is 7.07. The summed E-state index contributed by atoms with van der Waals surface area (Å²) in [6, 6.07) is 2.03. The predicted octanol–water partition coefficient (Wildman–Crippen LogP) is 5.42. The summed E-state index contributed by atoms with van der Waals surface area (Å²) in [6.45, 7) is 12.9. The van der Waals surface area contributed by atoms with Crippen LogP contribution in [0.4, 0.5) is 10.8 Å². The van der Waals surface area contributed by atoms with Crippen molar-refractivity contribution >= 4 is 32.4 Å². The summed E-state index contributed by atoms with van der Waals surface area (Å²) < 4.78 is 7.38. The molecule has 2 rings (SSSR count). The van der Waals surface area contributed by atoms with Crippen LogP contribution in [0.25, 0.3) is 10.2 Å². The highest BCUT2D eigenvalue weighted by atomic mass is 32.1. The van der Waals surface area contributed by atoms with E-state index < -0.39 is 0 Å². The van der Waals surface area contributed by atoms with Gasteiger partial charge in [-0.3, -0.25) is 0 Å². The smallest absolute Gasteiger partial charge is 0.186 e. The lowest BCUT2D eigenvalue weighted by Crippen LogP contribution is -2.25. The van der Waals surface area contributed by atoms with E-state index >= 15 is 0 Å². The first-order chi connectivity index (χ1) is 13.1. The van der Waals surface area contributed by atoms with Crippen molar-refractivity contribution in [1.29, 1.82) is 0 Å². The van der Waals surface area contributed by atoms with E-state index in [9.17, 15) is 0 Å². The number of rotatable bonds is 12. The highest BCUT2D eigenvalue weighted by Gasteiger charge is 2.20. The Labute approximate surface area is 167 Å². The van der Waals surface area contributed by atoms with Crippen molar-refractivity contribution in [3.63, 3.8) is 0 Å². The molecule has 6 heteroatoms. The Balaban J connectivity index is 2.44. The largest absolute Gasteiger partial charge is 0.488 e. The Kier molecular flexibility index (Phi) is 8.48. The monoisotopic (exact) mass is 391 g/mol. The Bertz CT molecular complexity index is 731. The van der Waals surface area contributed by atoms with Crippen molar-refractivity contribution in [1.82, 2.24) is 4.98 Å². The van der Waals surface area contributed by atoms with Crippen LogP contribution >= 0.6 is 11.3 Å². The molecular formula is C21H35N4OS+. The lowest BCUT2D eigenvalue weighted by atomic mass is 10.1. The third-order valence-corrected chi connectivity index (χ3v) is 6.07. The summed E-state index contributed by atoms with van der Waals surface area (Å²) >= 11 is 1.73. The number of anilines is 1. The van der Waals surface area contributed by atoms with Gasteiger partial charge in [-0.2, -0.15) is 5.53 Å². The van der Waals surface area contributed by atoms with Crippen molar-refractivity contribution in [3.05, 3.63) is 11.6 Å². The van der Waals surface area contributed by atoms with Crippen molar-refractivity contribution in [2.75, 3.05) is 18.0 Å². The Morgan fingerprint density at radius 3 is 2.30 bits per heavy atom. The molecule has 0 amide bonds. The van der Waals surface area contributed by atoms with E-state index in [1.54, 1.807) is 11.3 Å². The number of hydrogen-bond acceptors (Lipinski definition) is 5. The van der Waals surface area contributed by atoms with E-state index in [2.05, 4.69) is 44.6 Å². The molecule has 27 heavy (non-hydrogen) atoms. The molecule has 1 aromatic heterocycles. The van der Waals surface area contributed by atoms with Crippen LogP contribution in [0, 0.1) is 6.92 Å². The maximum absolute atomic E-state index is 6.25. The van der Waals surface area contributed by atoms with Gasteiger partial charge in [-0.05, 0) is 43.8 Å². The van der Waals surface area contributed by atoms with Crippen LogP contribution < -0.4 is 15.2 Å². The molecule has 2 N–H and O–H groups in total. The number of unbranched alkanes of at least 4 members (excludes halogenated alkanes) is 2. The maximum atomic E-state index is 6.25. The van der Waals surface area contributed by atoms with Crippen molar-refractivity contribution in [2.24, 2.45) is 5.11 Å². The van der Waals surface area contributed by atoms with Crippen LogP contribution in [0.15, 0.2) is 11.2 Å². The zero-order valence-corrected chi connectivity index (χ0v) is 18.4. The number of nitrogens with zero attached hydrogens (tertiary/aromatic N) is 3. The molecule has 5 nitrogen and oxygen atoms in total. The lowest BCUT2D eigenvalue weighted by molar-refractivity contribution is -0.210. The molecule has 0 fully saturated rings. The molecule has 0 saturated carbocycles. The maximum Gasteiger partial charge on any atom is 0.186 e.